The minimum Gasteiger partial charge on any atom is -0.367 e. The van der Waals surface area contributed by atoms with Crippen molar-refractivity contribution in [2.24, 2.45) is 0 Å². The first kappa shape index (κ1) is 19.0. The van der Waals surface area contributed by atoms with Crippen molar-refractivity contribution in [3.8, 4) is 0 Å². The fourth-order valence-electron chi connectivity index (χ4n) is 3.28. The van der Waals surface area contributed by atoms with Crippen molar-refractivity contribution in [2.75, 3.05) is 31.1 Å². The van der Waals surface area contributed by atoms with Crippen molar-refractivity contribution in [1.29, 1.82) is 0 Å². The maximum atomic E-state index is 13.0. The third-order valence-electron chi connectivity index (χ3n) is 4.49. The van der Waals surface area contributed by atoms with Gasteiger partial charge in [0.15, 0.2) is 0 Å². The van der Waals surface area contributed by atoms with E-state index in [-0.39, 0.29) is 17.3 Å². The fraction of sp³-hybridized carbons (Fsp3) is 0.222. The van der Waals surface area contributed by atoms with Gasteiger partial charge in [-0.25, -0.2) is 12.4 Å². The number of anilines is 1. The van der Waals surface area contributed by atoms with E-state index in [2.05, 4.69) is 10.2 Å². The summed E-state index contributed by atoms with van der Waals surface area (Å²) in [5.74, 6) is 0. The number of piperazine rings is 1. The second-order valence-electron chi connectivity index (χ2n) is 6.00. The monoisotopic (exact) mass is 411 g/mol. The van der Waals surface area contributed by atoms with Crippen molar-refractivity contribution < 1.29 is 8.42 Å². The molecule has 1 fully saturated rings. The first-order valence-corrected chi connectivity index (χ1v) is 9.97. The molecule has 0 unspecified atom stereocenters. The lowest BCUT2D eigenvalue weighted by Gasteiger charge is -2.30. The molecule has 0 aliphatic carbocycles. The summed E-state index contributed by atoms with van der Waals surface area (Å²) in [4.78, 5) is 2.48. The second-order valence-corrected chi connectivity index (χ2v) is 8.22. The zero-order valence-corrected chi connectivity index (χ0v) is 16.3. The largest absolute Gasteiger partial charge is 0.367 e. The predicted octanol–water partition coefficient (Wildman–Crippen LogP) is 3.36. The van der Waals surface area contributed by atoms with Crippen LogP contribution in [0.1, 0.15) is 0 Å². The van der Waals surface area contributed by atoms with E-state index >= 15 is 0 Å². The van der Waals surface area contributed by atoms with Crippen LogP contribution in [0, 0.1) is 0 Å². The molecule has 1 aliphatic rings. The molecule has 0 saturated carbocycles. The highest BCUT2D eigenvalue weighted by atomic mass is 35.5. The molecule has 1 aliphatic heterocycles. The lowest BCUT2D eigenvalue weighted by molar-refractivity contribution is 0.588. The summed E-state index contributed by atoms with van der Waals surface area (Å²) in [7, 11) is -3.64. The van der Waals surface area contributed by atoms with E-state index in [1.807, 2.05) is 6.07 Å². The first-order valence-electron chi connectivity index (χ1n) is 8.15. The number of nitrogens with zero attached hydrogens (tertiary/aromatic N) is 2. The molecule has 4 rings (SSSR count). The highest BCUT2D eigenvalue weighted by Gasteiger charge is 2.22. The van der Waals surface area contributed by atoms with Crippen LogP contribution in [0.3, 0.4) is 0 Å². The van der Waals surface area contributed by atoms with Gasteiger partial charge < -0.3 is 10.2 Å². The summed E-state index contributed by atoms with van der Waals surface area (Å²) in [5, 5.41) is 4.82. The summed E-state index contributed by atoms with van der Waals surface area (Å²) in [6.07, 6.45) is 1.61. The Morgan fingerprint density at radius 3 is 2.35 bits per heavy atom. The molecule has 1 aromatic heterocycles. The van der Waals surface area contributed by atoms with E-state index in [1.165, 1.54) is 3.97 Å². The smallest absolute Gasteiger partial charge is 0.268 e. The minimum atomic E-state index is -3.64. The number of nitrogens with one attached hydrogen (secondary N) is 1. The van der Waals surface area contributed by atoms with Crippen LogP contribution < -0.4 is 10.2 Å². The number of rotatable bonds is 3. The van der Waals surface area contributed by atoms with Gasteiger partial charge >= 0.3 is 0 Å². The molecule has 2 aromatic carbocycles. The molecule has 3 aromatic rings. The van der Waals surface area contributed by atoms with Crippen molar-refractivity contribution in [1.82, 2.24) is 9.29 Å². The Kier molecular flexibility index (Phi) is 5.48. The van der Waals surface area contributed by atoms with Crippen LogP contribution in [0.15, 0.2) is 59.6 Å². The molecular weight excluding hydrogens is 393 g/mol. The van der Waals surface area contributed by atoms with Crippen LogP contribution in [-0.4, -0.2) is 38.6 Å². The van der Waals surface area contributed by atoms with Gasteiger partial charge in [0.25, 0.3) is 10.0 Å². The number of fused-ring (bicyclic) bond motifs is 1. The molecule has 0 bridgehead atoms. The zero-order valence-electron chi connectivity index (χ0n) is 13.9. The van der Waals surface area contributed by atoms with Crippen molar-refractivity contribution in [2.45, 2.75) is 4.90 Å². The van der Waals surface area contributed by atoms with E-state index in [1.54, 1.807) is 48.7 Å². The molecule has 0 atom stereocenters. The average molecular weight is 412 g/mol. The summed E-state index contributed by atoms with van der Waals surface area (Å²) in [5.41, 5.74) is 1.55. The molecule has 0 spiro atoms. The van der Waals surface area contributed by atoms with Crippen LogP contribution in [-0.2, 0) is 10.0 Å². The van der Waals surface area contributed by atoms with Crippen molar-refractivity contribution in [3.63, 3.8) is 0 Å². The summed E-state index contributed by atoms with van der Waals surface area (Å²) >= 11 is 6.46. The van der Waals surface area contributed by atoms with Gasteiger partial charge in [-0.15, -0.1) is 12.4 Å². The number of benzene rings is 2. The number of halogens is 2. The van der Waals surface area contributed by atoms with Gasteiger partial charge in [-0.1, -0.05) is 29.8 Å². The van der Waals surface area contributed by atoms with Gasteiger partial charge in [0.1, 0.15) is 0 Å². The van der Waals surface area contributed by atoms with Crippen molar-refractivity contribution >= 4 is 50.6 Å². The van der Waals surface area contributed by atoms with Gasteiger partial charge in [-0.2, -0.15) is 0 Å². The lowest BCUT2D eigenvalue weighted by atomic mass is 10.2. The molecule has 8 heteroatoms. The number of aromatic nitrogens is 1. The van der Waals surface area contributed by atoms with E-state index in [4.69, 9.17) is 11.6 Å². The van der Waals surface area contributed by atoms with E-state index in [0.29, 0.717) is 10.5 Å². The molecule has 138 valence electrons. The number of hydrogen-bond donors (Lipinski definition) is 1. The Morgan fingerprint density at radius 1 is 0.962 bits per heavy atom. The van der Waals surface area contributed by atoms with Crippen LogP contribution in [0.4, 0.5) is 5.69 Å². The van der Waals surface area contributed by atoms with E-state index < -0.39 is 10.0 Å². The minimum absolute atomic E-state index is 0. The molecule has 1 saturated heterocycles. The molecule has 0 amide bonds. The summed E-state index contributed by atoms with van der Waals surface area (Å²) in [6, 6.07) is 13.8. The topological polar surface area (TPSA) is 54.3 Å². The molecule has 2 heterocycles. The van der Waals surface area contributed by atoms with Crippen LogP contribution in [0.25, 0.3) is 10.9 Å². The van der Waals surface area contributed by atoms with Gasteiger partial charge in [0.2, 0.25) is 0 Å². The fourth-order valence-corrected chi connectivity index (χ4v) is 4.93. The van der Waals surface area contributed by atoms with Crippen LogP contribution in [0.5, 0.6) is 0 Å². The molecular formula is C18H19Cl2N3O2S. The van der Waals surface area contributed by atoms with E-state index in [0.717, 1.165) is 37.3 Å². The maximum Gasteiger partial charge on any atom is 0.268 e. The molecule has 5 nitrogen and oxygen atoms in total. The molecule has 26 heavy (non-hydrogen) atoms. The van der Waals surface area contributed by atoms with Gasteiger partial charge in [-0.3, -0.25) is 0 Å². The average Bonchev–Trinajstić information content (AvgIpc) is 3.08. The number of hydrogen-bond acceptors (Lipinski definition) is 4. The molecule has 1 N–H and O–H groups in total. The van der Waals surface area contributed by atoms with E-state index in [9.17, 15) is 8.42 Å². The summed E-state index contributed by atoms with van der Waals surface area (Å²) in [6.45, 7) is 3.45. The predicted molar refractivity (Wildman–Crippen MR) is 108 cm³/mol. The standard InChI is InChI=1S/C18H18ClN3O2S.ClH/c19-16-6-7-17-15(18(16)21-12-9-20-10-13-21)8-11-22(17)25(23,24)14-4-2-1-3-5-14;/h1-8,11,20H,9-10,12-13H2;1H. The molecule has 0 radical (unpaired) electrons. The maximum absolute atomic E-state index is 13.0. The lowest BCUT2D eigenvalue weighted by Crippen LogP contribution is -2.43. The third kappa shape index (κ3) is 3.18. The van der Waals surface area contributed by atoms with Crippen molar-refractivity contribution in [3.05, 3.63) is 59.8 Å². The highest BCUT2D eigenvalue weighted by molar-refractivity contribution is 7.90. The van der Waals surface area contributed by atoms with Gasteiger partial charge in [-0.05, 0) is 30.3 Å². The Hall–Kier alpha value is -1.73. The Balaban J connectivity index is 0.00000196. The quantitative estimate of drug-likeness (QED) is 0.717. The van der Waals surface area contributed by atoms with Gasteiger partial charge in [0.05, 0.1) is 21.1 Å². The Labute approximate surface area is 164 Å². The Bertz CT molecular complexity index is 1010. The normalized spacial score (nSPS) is 15.0. The SMILES string of the molecule is Cl.O=S(=O)(c1ccccc1)n1ccc2c(N3CCNCC3)c(Cl)ccc21. The van der Waals surface area contributed by atoms with Crippen LogP contribution >= 0.6 is 24.0 Å². The highest BCUT2D eigenvalue weighted by Crippen LogP contribution is 2.36. The van der Waals surface area contributed by atoms with Crippen LogP contribution in [0.2, 0.25) is 5.02 Å². The zero-order chi connectivity index (χ0) is 17.4. The van der Waals surface area contributed by atoms with Gasteiger partial charge in [0, 0.05) is 37.8 Å². The second kappa shape index (κ2) is 7.48. The third-order valence-corrected chi connectivity index (χ3v) is 6.50. The first-order chi connectivity index (χ1) is 12.1. The Morgan fingerprint density at radius 2 is 1.65 bits per heavy atom. The summed E-state index contributed by atoms with van der Waals surface area (Å²) < 4.78 is 27.3.